The van der Waals surface area contributed by atoms with Gasteiger partial charge in [-0.05, 0) is 51.8 Å². The van der Waals surface area contributed by atoms with E-state index in [1.807, 2.05) is 36.4 Å². The maximum atomic E-state index is 12.3. The fourth-order valence-corrected chi connectivity index (χ4v) is 3.25. The summed E-state index contributed by atoms with van der Waals surface area (Å²) >= 11 is 3.34. The lowest BCUT2D eigenvalue weighted by Gasteiger charge is -2.06. The van der Waals surface area contributed by atoms with E-state index < -0.39 is 11.9 Å². The van der Waals surface area contributed by atoms with Gasteiger partial charge in [-0.1, -0.05) is 59.8 Å². The predicted octanol–water partition coefficient (Wildman–Crippen LogP) is 5.01. The van der Waals surface area contributed by atoms with E-state index >= 15 is 0 Å². The minimum Gasteiger partial charge on any atom is -0.423 e. The first-order valence-electron chi connectivity index (χ1n) is 8.75. The highest BCUT2D eigenvalue weighted by Gasteiger charge is 2.26. The number of carbonyl (C=O) groups is 2. The summed E-state index contributed by atoms with van der Waals surface area (Å²) in [5.41, 5.74) is 2.84. The van der Waals surface area contributed by atoms with Gasteiger partial charge in [-0.25, -0.2) is 9.59 Å². The zero-order valence-electron chi connectivity index (χ0n) is 15.0. The van der Waals surface area contributed by atoms with Crippen LogP contribution in [0.2, 0.25) is 0 Å². The second kappa shape index (κ2) is 8.24. The minimum absolute atomic E-state index is 0.370. The highest BCUT2D eigenvalue weighted by molar-refractivity contribution is 9.10. The summed E-state index contributed by atoms with van der Waals surface area (Å²) in [5, 5.41) is 3.89. The van der Waals surface area contributed by atoms with Gasteiger partial charge < -0.3 is 9.57 Å². The lowest BCUT2D eigenvalue weighted by molar-refractivity contribution is -0.136. The Morgan fingerprint density at radius 1 is 0.931 bits per heavy atom. The summed E-state index contributed by atoms with van der Waals surface area (Å²) < 4.78 is 6.08. The maximum absolute atomic E-state index is 12.3. The molecular weight excluding hydrogens is 434 g/mol. The topological polar surface area (TPSA) is 65.0 Å². The normalized spacial score (nSPS) is 14.4. The Morgan fingerprint density at radius 2 is 1.62 bits per heavy atom. The van der Waals surface area contributed by atoms with Crippen molar-refractivity contribution in [2.24, 2.45) is 5.16 Å². The van der Waals surface area contributed by atoms with Gasteiger partial charge >= 0.3 is 11.9 Å². The van der Waals surface area contributed by atoms with Crippen molar-refractivity contribution in [1.29, 1.82) is 0 Å². The molecule has 0 aliphatic carbocycles. The Hall–Kier alpha value is -3.51. The average molecular weight is 448 g/mol. The zero-order valence-corrected chi connectivity index (χ0v) is 16.6. The lowest BCUT2D eigenvalue weighted by Crippen LogP contribution is -2.09. The van der Waals surface area contributed by atoms with Gasteiger partial charge in [0, 0.05) is 10.0 Å². The lowest BCUT2D eigenvalue weighted by atomic mass is 10.0. The minimum atomic E-state index is -0.506. The van der Waals surface area contributed by atoms with Gasteiger partial charge in [0.1, 0.15) is 11.5 Å². The van der Waals surface area contributed by atoms with E-state index in [4.69, 9.17) is 9.57 Å². The first-order valence-corrected chi connectivity index (χ1v) is 9.55. The smallest absolute Gasteiger partial charge is 0.368 e. The van der Waals surface area contributed by atoms with Crippen LogP contribution in [-0.4, -0.2) is 17.7 Å². The van der Waals surface area contributed by atoms with Crippen molar-refractivity contribution in [3.8, 4) is 5.75 Å². The van der Waals surface area contributed by atoms with Gasteiger partial charge in [0.05, 0.1) is 11.1 Å². The van der Waals surface area contributed by atoms with Crippen molar-refractivity contribution in [2.75, 3.05) is 0 Å². The van der Waals surface area contributed by atoms with Crippen molar-refractivity contribution < 1.29 is 19.2 Å². The zero-order chi connectivity index (χ0) is 20.2. The van der Waals surface area contributed by atoms with Gasteiger partial charge in [-0.15, -0.1) is 0 Å². The van der Waals surface area contributed by atoms with Crippen LogP contribution in [0.25, 0.3) is 6.08 Å². The molecule has 5 nitrogen and oxygen atoms in total. The van der Waals surface area contributed by atoms with E-state index in [-0.39, 0.29) is 0 Å². The van der Waals surface area contributed by atoms with Crippen molar-refractivity contribution >= 4 is 39.7 Å². The number of carbonyl (C=O) groups excluding carboxylic acids is 2. The van der Waals surface area contributed by atoms with Crippen LogP contribution < -0.4 is 4.74 Å². The molecular formula is C23H14BrNO4. The van der Waals surface area contributed by atoms with Gasteiger partial charge in [0.2, 0.25) is 0 Å². The van der Waals surface area contributed by atoms with Gasteiger partial charge in [-0.2, -0.15) is 0 Å². The molecule has 0 unspecified atom stereocenters. The van der Waals surface area contributed by atoms with Crippen LogP contribution in [-0.2, 0) is 9.63 Å². The van der Waals surface area contributed by atoms with Crippen molar-refractivity contribution in [3.05, 3.63) is 106 Å². The Kier molecular flexibility index (Phi) is 5.35. The first-order chi connectivity index (χ1) is 14.1. The van der Waals surface area contributed by atoms with Gasteiger partial charge in [0.15, 0.2) is 0 Å². The number of halogens is 1. The van der Waals surface area contributed by atoms with Gasteiger partial charge in [-0.3, -0.25) is 0 Å². The van der Waals surface area contributed by atoms with Crippen molar-refractivity contribution in [3.63, 3.8) is 0 Å². The van der Waals surface area contributed by atoms with Crippen LogP contribution in [0, 0.1) is 0 Å². The number of benzene rings is 3. The van der Waals surface area contributed by atoms with Crippen LogP contribution in [0.3, 0.4) is 0 Å². The van der Waals surface area contributed by atoms with Crippen LogP contribution in [0.15, 0.2) is 94.1 Å². The number of hydrogen-bond donors (Lipinski definition) is 0. The van der Waals surface area contributed by atoms with Crippen LogP contribution >= 0.6 is 15.9 Å². The number of nitrogens with zero attached hydrogens (tertiary/aromatic N) is 1. The summed E-state index contributed by atoms with van der Waals surface area (Å²) in [7, 11) is 0. The summed E-state index contributed by atoms with van der Waals surface area (Å²) in [6.07, 6.45) is 1.69. The quantitative estimate of drug-likeness (QED) is 0.244. The molecule has 0 aromatic heterocycles. The third kappa shape index (κ3) is 4.17. The van der Waals surface area contributed by atoms with E-state index in [0.29, 0.717) is 27.1 Å². The fraction of sp³-hybridized carbons (Fsp3) is 0. The molecule has 4 rings (SSSR count). The summed E-state index contributed by atoms with van der Waals surface area (Å²) in [6, 6.07) is 23.2. The molecule has 0 saturated heterocycles. The molecule has 142 valence electrons. The van der Waals surface area contributed by atoms with E-state index in [1.54, 1.807) is 48.5 Å². The number of rotatable bonds is 4. The SMILES string of the molecule is O=C1ON=C(c2ccccc2)/C1=C/c1ccc(OC(=O)c2ccccc2Br)cc1. The molecule has 0 saturated carbocycles. The molecule has 1 heterocycles. The fourth-order valence-electron chi connectivity index (χ4n) is 2.80. The molecule has 0 fully saturated rings. The number of oxime groups is 1. The Morgan fingerprint density at radius 3 is 2.34 bits per heavy atom. The standard InChI is InChI=1S/C23H14BrNO4/c24-20-9-5-4-8-18(20)22(26)28-17-12-10-15(11-13-17)14-19-21(25-29-23(19)27)16-6-2-1-3-7-16/h1-14H/b19-14-. The molecule has 3 aromatic rings. The molecule has 1 aliphatic heterocycles. The average Bonchev–Trinajstić information content (AvgIpc) is 3.10. The Bertz CT molecular complexity index is 1140. The number of hydrogen-bond acceptors (Lipinski definition) is 5. The largest absolute Gasteiger partial charge is 0.423 e. The molecule has 0 spiro atoms. The summed E-state index contributed by atoms with van der Waals surface area (Å²) in [6.45, 7) is 0. The summed E-state index contributed by atoms with van der Waals surface area (Å²) in [5.74, 6) is -0.561. The van der Waals surface area contributed by atoms with E-state index in [1.165, 1.54) is 0 Å². The molecule has 0 N–H and O–H groups in total. The molecule has 0 atom stereocenters. The predicted molar refractivity (Wildman–Crippen MR) is 113 cm³/mol. The van der Waals surface area contributed by atoms with Crippen molar-refractivity contribution in [2.45, 2.75) is 0 Å². The van der Waals surface area contributed by atoms with Gasteiger partial charge in [0.25, 0.3) is 0 Å². The monoisotopic (exact) mass is 447 g/mol. The maximum Gasteiger partial charge on any atom is 0.368 e. The molecule has 6 heteroatoms. The second-order valence-corrected chi connectivity index (χ2v) is 7.04. The Labute approximate surface area is 175 Å². The van der Waals surface area contributed by atoms with Crippen molar-refractivity contribution in [1.82, 2.24) is 0 Å². The molecule has 0 radical (unpaired) electrons. The molecule has 0 amide bonds. The van der Waals surface area contributed by atoms with E-state index in [0.717, 1.165) is 11.1 Å². The molecule has 3 aromatic carbocycles. The molecule has 1 aliphatic rings. The highest BCUT2D eigenvalue weighted by atomic mass is 79.9. The second-order valence-electron chi connectivity index (χ2n) is 6.18. The third-order valence-corrected chi connectivity index (χ3v) is 4.93. The molecule has 29 heavy (non-hydrogen) atoms. The molecule has 0 bridgehead atoms. The summed E-state index contributed by atoms with van der Waals surface area (Å²) in [4.78, 5) is 29.2. The first kappa shape index (κ1) is 18.8. The third-order valence-electron chi connectivity index (χ3n) is 4.24. The highest BCUT2D eigenvalue weighted by Crippen LogP contribution is 2.23. The van der Waals surface area contributed by atoms with Crippen LogP contribution in [0.4, 0.5) is 0 Å². The number of ether oxygens (including phenoxy) is 1. The Balaban J connectivity index is 1.53. The van der Waals surface area contributed by atoms with Crippen LogP contribution in [0.5, 0.6) is 5.75 Å². The van der Waals surface area contributed by atoms with Crippen LogP contribution in [0.1, 0.15) is 21.5 Å². The van der Waals surface area contributed by atoms with E-state index in [2.05, 4.69) is 21.1 Å². The van der Waals surface area contributed by atoms with E-state index in [9.17, 15) is 9.59 Å². The number of esters is 1.